The third-order valence-corrected chi connectivity index (χ3v) is 4.53. The Hall–Kier alpha value is -1.47. The smallest absolute Gasteiger partial charge is 0.237 e. The van der Waals surface area contributed by atoms with Crippen LogP contribution >= 0.6 is 23.5 Å². The predicted octanol–water partition coefficient (Wildman–Crippen LogP) is 2.66. The fourth-order valence-electron chi connectivity index (χ4n) is 1.54. The van der Waals surface area contributed by atoms with E-state index in [1.807, 2.05) is 44.5 Å². The molecule has 0 aliphatic rings. The Balaban J connectivity index is 1.98. The summed E-state index contributed by atoms with van der Waals surface area (Å²) in [4.78, 5) is 13.3. The number of nitrogens with zero attached hydrogens (tertiary/aromatic N) is 3. The van der Waals surface area contributed by atoms with E-state index in [1.54, 1.807) is 22.7 Å². The number of benzene rings is 1. The van der Waals surface area contributed by atoms with E-state index in [2.05, 4.69) is 15.5 Å². The van der Waals surface area contributed by atoms with Crippen molar-refractivity contribution in [3.8, 4) is 0 Å². The van der Waals surface area contributed by atoms with Crippen LogP contribution in [0.4, 0.5) is 5.69 Å². The third kappa shape index (κ3) is 3.77. The monoisotopic (exact) mass is 308 g/mol. The van der Waals surface area contributed by atoms with Gasteiger partial charge >= 0.3 is 0 Å². The average molecular weight is 308 g/mol. The lowest BCUT2D eigenvalue weighted by atomic mass is 10.3. The lowest BCUT2D eigenvalue weighted by Crippen LogP contribution is -2.22. The molecule has 1 N–H and O–H groups in total. The molecule has 1 heterocycles. The summed E-state index contributed by atoms with van der Waals surface area (Å²) < 4.78 is 1.79. The number of anilines is 1. The molecule has 2 rings (SSSR count). The second-order valence-electron chi connectivity index (χ2n) is 4.21. The minimum absolute atomic E-state index is 0.0451. The summed E-state index contributed by atoms with van der Waals surface area (Å²) in [5, 5.41) is 11.2. The van der Waals surface area contributed by atoms with Crippen molar-refractivity contribution in [3.05, 3.63) is 30.6 Å². The summed E-state index contributed by atoms with van der Waals surface area (Å²) in [7, 11) is 1.86. The topological polar surface area (TPSA) is 59.8 Å². The number of thioether (sulfide) groups is 2. The molecular formula is C13H16N4OS2. The number of rotatable bonds is 5. The number of carbonyl (C=O) groups is 1. The molecule has 0 aliphatic heterocycles. The largest absolute Gasteiger partial charge is 0.325 e. The Bertz CT molecular complexity index is 600. The first-order valence-electron chi connectivity index (χ1n) is 6.05. The van der Waals surface area contributed by atoms with Crippen LogP contribution < -0.4 is 5.32 Å². The first kappa shape index (κ1) is 14.9. The molecule has 0 bridgehead atoms. The summed E-state index contributed by atoms with van der Waals surface area (Å²) in [6, 6.07) is 7.79. The molecule has 0 fully saturated rings. The van der Waals surface area contributed by atoms with Crippen molar-refractivity contribution in [1.82, 2.24) is 14.8 Å². The van der Waals surface area contributed by atoms with Crippen LogP contribution in [0.2, 0.25) is 0 Å². The molecule has 0 saturated heterocycles. The molecule has 7 heteroatoms. The van der Waals surface area contributed by atoms with Crippen LogP contribution in [-0.2, 0) is 11.8 Å². The zero-order valence-electron chi connectivity index (χ0n) is 11.5. The lowest BCUT2D eigenvalue weighted by molar-refractivity contribution is -0.115. The maximum absolute atomic E-state index is 12.2. The molecule has 1 aromatic heterocycles. The average Bonchev–Trinajstić information content (AvgIpc) is 2.84. The maximum atomic E-state index is 12.2. The number of nitrogens with one attached hydrogen (secondary N) is 1. The molecule has 0 radical (unpaired) electrons. The van der Waals surface area contributed by atoms with E-state index in [9.17, 15) is 4.79 Å². The van der Waals surface area contributed by atoms with Gasteiger partial charge in [0.1, 0.15) is 6.33 Å². The van der Waals surface area contributed by atoms with Crippen LogP contribution in [0.25, 0.3) is 0 Å². The van der Waals surface area contributed by atoms with Crippen molar-refractivity contribution >= 4 is 35.1 Å². The van der Waals surface area contributed by atoms with Crippen molar-refractivity contribution in [2.24, 2.45) is 7.05 Å². The number of carbonyl (C=O) groups excluding carboxylic acids is 1. The van der Waals surface area contributed by atoms with Gasteiger partial charge in [-0.25, -0.2) is 0 Å². The highest BCUT2D eigenvalue weighted by Crippen LogP contribution is 2.23. The van der Waals surface area contributed by atoms with Gasteiger partial charge in [-0.3, -0.25) is 4.79 Å². The van der Waals surface area contributed by atoms with E-state index in [4.69, 9.17) is 0 Å². The maximum Gasteiger partial charge on any atom is 0.237 e. The standard InChI is InChI=1S/C13H16N4OS2/c1-9(20-13-16-14-8-17(13)2)12(18)15-10-5-4-6-11(7-10)19-3/h4-9H,1-3H3,(H,15,18). The van der Waals surface area contributed by atoms with Crippen LogP contribution in [-0.4, -0.2) is 32.2 Å². The highest BCUT2D eigenvalue weighted by Gasteiger charge is 2.17. The summed E-state index contributed by atoms with van der Waals surface area (Å²) in [5.41, 5.74) is 0.812. The Morgan fingerprint density at radius 1 is 1.45 bits per heavy atom. The van der Waals surface area contributed by atoms with E-state index in [0.29, 0.717) is 0 Å². The Labute approximate surface area is 126 Å². The fraction of sp³-hybridized carbons (Fsp3) is 0.308. The van der Waals surface area contributed by atoms with Gasteiger partial charge < -0.3 is 9.88 Å². The Kier molecular flexibility index (Phi) is 5.08. The molecule has 106 valence electrons. The second kappa shape index (κ2) is 6.81. The van der Waals surface area contributed by atoms with Gasteiger partial charge in [0.05, 0.1) is 5.25 Å². The summed E-state index contributed by atoms with van der Waals surface area (Å²) >= 11 is 3.03. The first-order valence-corrected chi connectivity index (χ1v) is 8.16. The van der Waals surface area contributed by atoms with Gasteiger partial charge in [0.25, 0.3) is 0 Å². The van der Waals surface area contributed by atoms with Crippen LogP contribution in [0, 0.1) is 0 Å². The first-order chi connectivity index (χ1) is 9.60. The van der Waals surface area contributed by atoms with E-state index in [-0.39, 0.29) is 11.2 Å². The van der Waals surface area contributed by atoms with Crippen molar-refractivity contribution in [2.75, 3.05) is 11.6 Å². The van der Waals surface area contributed by atoms with E-state index >= 15 is 0 Å². The molecule has 1 aromatic carbocycles. The molecule has 1 amide bonds. The number of aryl methyl sites for hydroxylation is 1. The number of aromatic nitrogens is 3. The second-order valence-corrected chi connectivity index (χ2v) is 6.39. The van der Waals surface area contributed by atoms with Crippen molar-refractivity contribution in [3.63, 3.8) is 0 Å². The Morgan fingerprint density at radius 3 is 2.90 bits per heavy atom. The van der Waals surface area contributed by atoms with Crippen LogP contribution in [0.1, 0.15) is 6.92 Å². The zero-order valence-corrected chi connectivity index (χ0v) is 13.2. The highest BCUT2D eigenvalue weighted by molar-refractivity contribution is 8.00. The SMILES string of the molecule is CSc1cccc(NC(=O)C(C)Sc2nncn2C)c1. The van der Waals surface area contributed by atoms with Crippen molar-refractivity contribution < 1.29 is 4.79 Å². The molecule has 1 unspecified atom stereocenters. The van der Waals surface area contributed by atoms with Gasteiger partial charge in [-0.1, -0.05) is 17.8 Å². The van der Waals surface area contributed by atoms with Crippen molar-refractivity contribution in [2.45, 2.75) is 22.2 Å². The minimum atomic E-state index is -0.240. The van der Waals surface area contributed by atoms with E-state index < -0.39 is 0 Å². The summed E-state index contributed by atoms with van der Waals surface area (Å²) in [6.07, 6.45) is 3.63. The van der Waals surface area contributed by atoms with Crippen LogP contribution in [0.15, 0.2) is 40.6 Å². The van der Waals surface area contributed by atoms with Gasteiger partial charge in [0, 0.05) is 17.6 Å². The van der Waals surface area contributed by atoms with E-state index in [0.717, 1.165) is 15.7 Å². The lowest BCUT2D eigenvalue weighted by Gasteiger charge is -2.11. The van der Waals surface area contributed by atoms with Gasteiger partial charge in [-0.15, -0.1) is 22.0 Å². The Morgan fingerprint density at radius 2 is 2.25 bits per heavy atom. The molecule has 1 atom stereocenters. The normalized spacial score (nSPS) is 12.2. The molecule has 0 aliphatic carbocycles. The highest BCUT2D eigenvalue weighted by atomic mass is 32.2. The summed E-state index contributed by atoms with van der Waals surface area (Å²) in [6.45, 7) is 1.85. The predicted molar refractivity (Wildman–Crippen MR) is 83.2 cm³/mol. The van der Waals surface area contributed by atoms with E-state index in [1.165, 1.54) is 11.8 Å². The number of hydrogen-bond acceptors (Lipinski definition) is 5. The minimum Gasteiger partial charge on any atom is -0.325 e. The summed E-state index contributed by atoms with van der Waals surface area (Å²) in [5.74, 6) is -0.0451. The van der Waals surface area contributed by atoms with Crippen LogP contribution in [0.5, 0.6) is 0 Å². The number of amides is 1. The molecule has 20 heavy (non-hydrogen) atoms. The third-order valence-electron chi connectivity index (χ3n) is 2.66. The molecule has 0 spiro atoms. The number of hydrogen-bond donors (Lipinski definition) is 1. The van der Waals surface area contributed by atoms with Gasteiger partial charge in [0.15, 0.2) is 5.16 Å². The molecule has 0 saturated carbocycles. The zero-order chi connectivity index (χ0) is 14.5. The fourth-order valence-corrected chi connectivity index (χ4v) is 2.79. The van der Waals surface area contributed by atoms with Gasteiger partial charge in [0.2, 0.25) is 5.91 Å². The van der Waals surface area contributed by atoms with Crippen LogP contribution in [0.3, 0.4) is 0 Å². The molecule has 2 aromatic rings. The molecular weight excluding hydrogens is 292 g/mol. The molecule has 5 nitrogen and oxygen atoms in total. The van der Waals surface area contributed by atoms with Crippen molar-refractivity contribution in [1.29, 1.82) is 0 Å². The van der Waals surface area contributed by atoms with Gasteiger partial charge in [-0.05, 0) is 31.4 Å². The van der Waals surface area contributed by atoms with Gasteiger partial charge in [-0.2, -0.15) is 0 Å². The quantitative estimate of drug-likeness (QED) is 0.861.